The second-order valence-electron chi connectivity index (χ2n) is 4.16. The van der Waals surface area contributed by atoms with E-state index < -0.39 is 5.97 Å². The lowest BCUT2D eigenvalue weighted by Gasteiger charge is -2.08. The van der Waals surface area contributed by atoms with Crippen LogP contribution in [0.3, 0.4) is 0 Å². The number of carbonyl (C=O) groups is 1. The first kappa shape index (κ1) is 13.5. The van der Waals surface area contributed by atoms with Gasteiger partial charge in [-0.25, -0.2) is 14.8 Å². The molecule has 1 aromatic carbocycles. The maximum Gasteiger partial charge on any atom is 0.341 e. The number of carboxylic acids is 1. The molecule has 98 valence electrons. The number of rotatable bonds is 2. The topological polar surface area (TPSA) is 89.1 Å². The number of aryl methyl sites for hydroxylation is 2. The van der Waals surface area contributed by atoms with Crippen LogP contribution in [0.4, 0.5) is 5.82 Å². The third kappa shape index (κ3) is 2.58. The normalized spacial score (nSPS) is 10.5. The average molecular weight is 322 g/mol. The number of nitrogen functional groups attached to an aromatic ring is 1. The van der Waals surface area contributed by atoms with Crippen molar-refractivity contribution < 1.29 is 9.90 Å². The molecule has 0 amide bonds. The van der Waals surface area contributed by atoms with Gasteiger partial charge >= 0.3 is 5.97 Å². The van der Waals surface area contributed by atoms with E-state index >= 15 is 0 Å². The Kier molecular flexibility index (Phi) is 3.53. The number of benzene rings is 1. The van der Waals surface area contributed by atoms with Gasteiger partial charge in [-0.05, 0) is 25.5 Å². The molecule has 1 aromatic heterocycles. The molecule has 0 aliphatic rings. The number of hydrogen-bond acceptors (Lipinski definition) is 4. The highest BCUT2D eigenvalue weighted by atomic mass is 79.9. The summed E-state index contributed by atoms with van der Waals surface area (Å²) in [6, 6.07) is 5.68. The lowest BCUT2D eigenvalue weighted by atomic mass is 10.1. The van der Waals surface area contributed by atoms with Crippen LogP contribution in [0.15, 0.2) is 22.7 Å². The van der Waals surface area contributed by atoms with E-state index in [0.717, 1.165) is 15.6 Å². The summed E-state index contributed by atoms with van der Waals surface area (Å²) < 4.78 is 0.937. The van der Waals surface area contributed by atoms with Gasteiger partial charge in [0.2, 0.25) is 0 Å². The first-order chi connectivity index (χ1) is 8.90. The summed E-state index contributed by atoms with van der Waals surface area (Å²) >= 11 is 3.44. The molecule has 0 saturated carbocycles. The fourth-order valence-corrected chi connectivity index (χ4v) is 2.10. The van der Waals surface area contributed by atoms with Gasteiger partial charge in [0.25, 0.3) is 0 Å². The largest absolute Gasteiger partial charge is 0.477 e. The van der Waals surface area contributed by atoms with Crippen LogP contribution in [0.25, 0.3) is 11.4 Å². The zero-order chi connectivity index (χ0) is 14.2. The minimum atomic E-state index is -1.12. The van der Waals surface area contributed by atoms with Gasteiger partial charge in [-0.2, -0.15) is 0 Å². The maximum atomic E-state index is 11.0. The number of nitrogens with zero attached hydrogens (tertiary/aromatic N) is 2. The second-order valence-corrected chi connectivity index (χ2v) is 5.02. The molecule has 2 aromatic rings. The Balaban J connectivity index is 2.58. The number of halogens is 1. The van der Waals surface area contributed by atoms with Gasteiger partial charge in [0.15, 0.2) is 5.82 Å². The van der Waals surface area contributed by atoms with Gasteiger partial charge in [0.05, 0.1) is 5.69 Å². The van der Waals surface area contributed by atoms with Crippen LogP contribution in [0, 0.1) is 13.8 Å². The van der Waals surface area contributed by atoms with Gasteiger partial charge in [-0.3, -0.25) is 0 Å². The number of nitrogens with two attached hydrogens (primary N) is 1. The van der Waals surface area contributed by atoms with E-state index in [-0.39, 0.29) is 11.4 Å². The fourth-order valence-electron chi connectivity index (χ4n) is 1.72. The van der Waals surface area contributed by atoms with E-state index in [4.69, 9.17) is 10.8 Å². The Bertz CT molecular complexity index is 648. The quantitative estimate of drug-likeness (QED) is 0.887. The number of aromatic carboxylic acids is 1. The minimum absolute atomic E-state index is 0.0216. The van der Waals surface area contributed by atoms with E-state index in [1.54, 1.807) is 6.92 Å². The molecule has 0 aliphatic heterocycles. The molecule has 6 heteroatoms. The third-order valence-electron chi connectivity index (χ3n) is 2.76. The Morgan fingerprint density at radius 2 is 2.00 bits per heavy atom. The van der Waals surface area contributed by atoms with Crippen LogP contribution in [-0.4, -0.2) is 21.0 Å². The number of aromatic nitrogens is 2. The van der Waals surface area contributed by atoms with E-state index in [1.807, 2.05) is 25.1 Å². The van der Waals surface area contributed by atoms with Crippen molar-refractivity contribution >= 4 is 27.7 Å². The monoisotopic (exact) mass is 321 g/mol. The van der Waals surface area contributed by atoms with Gasteiger partial charge in [0, 0.05) is 10.0 Å². The number of anilines is 1. The molecule has 0 aliphatic carbocycles. The first-order valence-electron chi connectivity index (χ1n) is 5.54. The molecule has 0 radical (unpaired) electrons. The molecule has 5 nitrogen and oxygen atoms in total. The standard InChI is InChI=1S/C13H12BrN3O2/c1-6-3-4-8(5-9(6)14)12-16-7(2)10(13(18)19)11(15)17-12/h3-5H,1-2H3,(H,18,19)(H2,15,16,17). The molecule has 3 N–H and O–H groups in total. The number of carboxylic acid groups (broad SMARTS) is 1. The highest BCUT2D eigenvalue weighted by Crippen LogP contribution is 2.25. The zero-order valence-electron chi connectivity index (χ0n) is 10.4. The van der Waals surface area contributed by atoms with Gasteiger partial charge in [0.1, 0.15) is 11.4 Å². The highest BCUT2D eigenvalue weighted by molar-refractivity contribution is 9.10. The van der Waals surface area contributed by atoms with Crippen LogP contribution in [-0.2, 0) is 0 Å². The zero-order valence-corrected chi connectivity index (χ0v) is 12.0. The first-order valence-corrected chi connectivity index (χ1v) is 6.33. The summed E-state index contributed by atoms with van der Waals surface area (Å²) in [7, 11) is 0. The van der Waals surface area contributed by atoms with Crippen molar-refractivity contribution in [3.8, 4) is 11.4 Å². The molecule has 1 heterocycles. The summed E-state index contributed by atoms with van der Waals surface area (Å²) in [4.78, 5) is 19.3. The smallest absolute Gasteiger partial charge is 0.341 e. The lowest BCUT2D eigenvalue weighted by Crippen LogP contribution is -2.10. The molecule has 0 saturated heterocycles. The molecule has 0 atom stereocenters. The van der Waals surface area contributed by atoms with E-state index in [1.165, 1.54) is 0 Å². The predicted molar refractivity (Wildman–Crippen MR) is 76.0 cm³/mol. The van der Waals surface area contributed by atoms with Crippen molar-refractivity contribution in [1.82, 2.24) is 9.97 Å². The van der Waals surface area contributed by atoms with Crippen molar-refractivity contribution in [2.45, 2.75) is 13.8 Å². The van der Waals surface area contributed by atoms with E-state index in [2.05, 4.69) is 25.9 Å². The SMILES string of the molecule is Cc1ccc(-c2nc(C)c(C(=O)O)c(N)n2)cc1Br. The summed E-state index contributed by atoms with van der Waals surface area (Å²) in [5.41, 5.74) is 7.87. The van der Waals surface area contributed by atoms with Crippen molar-refractivity contribution in [2.75, 3.05) is 5.73 Å². The molecule has 19 heavy (non-hydrogen) atoms. The Hall–Kier alpha value is -1.95. The Labute approximate surface area is 118 Å². The molecule has 0 bridgehead atoms. The van der Waals surface area contributed by atoms with Crippen LogP contribution in [0.1, 0.15) is 21.6 Å². The summed E-state index contributed by atoms with van der Waals surface area (Å²) in [6.07, 6.45) is 0. The van der Waals surface area contributed by atoms with Crippen LogP contribution in [0.5, 0.6) is 0 Å². The Morgan fingerprint density at radius 1 is 1.32 bits per heavy atom. The molecule has 2 rings (SSSR count). The van der Waals surface area contributed by atoms with Crippen LogP contribution >= 0.6 is 15.9 Å². The highest BCUT2D eigenvalue weighted by Gasteiger charge is 2.16. The molecular formula is C13H12BrN3O2. The van der Waals surface area contributed by atoms with Crippen molar-refractivity contribution in [3.63, 3.8) is 0 Å². The molecule has 0 spiro atoms. The van der Waals surface area contributed by atoms with Crippen molar-refractivity contribution in [2.24, 2.45) is 0 Å². The second kappa shape index (κ2) is 4.97. The summed E-state index contributed by atoms with van der Waals surface area (Å²) in [5.74, 6) is -0.723. The molecular weight excluding hydrogens is 310 g/mol. The third-order valence-corrected chi connectivity index (χ3v) is 3.62. The summed E-state index contributed by atoms with van der Waals surface area (Å²) in [6.45, 7) is 3.58. The minimum Gasteiger partial charge on any atom is -0.477 e. The van der Waals surface area contributed by atoms with E-state index in [9.17, 15) is 4.79 Å². The van der Waals surface area contributed by atoms with Crippen LogP contribution in [0.2, 0.25) is 0 Å². The average Bonchev–Trinajstić information content (AvgIpc) is 2.31. The van der Waals surface area contributed by atoms with Gasteiger partial charge in [-0.1, -0.05) is 28.1 Å². The fraction of sp³-hybridized carbons (Fsp3) is 0.154. The van der Waals surface area contributed by atoms with E-state index in [0.29, 0.717) is 11.5 Å². The maximum absolute atomic E-state index is 11.0. The van der Waals surface area contributed by atoms with Crippen molar-refractivity contribution in [1.29, 1.82) is 0 Å². The lowest BCUT2D eigenvalue weighted by molar-refractivity contribution is 0.0696. The van der Waals surface area contributed by atoms with Gasteiger partial charge in [-0.15, -0.1) is 0 Å². The molecule has 0 unspecified atom stereocenters. The van der Waals surface area contributed by atoms with Gasteiger partial charge < -0.3 is 10.8 Å². The predicted octanol–water partition coefficient (Wildman–Crippen LogP) is 2.80. The van der Waals surface area contributed by atoms with Crippen molar-refractivity contribution in [3.05, 3.63) is 39.5 Å². The number of hydrogen-bond donors (Lipinski definition) is 2. The Morgan fingerprint density at radius 3 is 2.53 bits per heavy atom. The van der Waals surface area contributed by atoms with Crippen LogP contribution < -0.4 is 5.73 Å². The summed E-state index contributed by atoms with van der Waals surface area (Å²) in [5, 5.41) is 9.02. The molecule has 0 fully saturated rings.